The van der Waals surface area contributed by atoms with Gasteiger partial charge in [0.15, 0.2) is 11.8 Å². The van der Waals surface area contributed by atoms with Crippen LogP contribution in [0.1, 0.15) is 31.4 Å². The lowest BCUT2D eigenvalue weighted by Crippen LogP contribution is -2.45. The molecule has 1 aromatic rings. The molecule has 1 atom stereocenters. The SMILES string of the molecule is CCN1CCCC1CNC(=NCc1nnc(C)n1C)NCCOC.I. The van der Waals surface area contributed by atoms with Crippen molar-refractivity contribution in [1.29, 1.82) is 0 Å². The second-order valence-electron chi connectivity index (χ2n) is 6.11. The van der Waals surface area contributed by atoms with Gasteiger partial charge in [0.25, 0.3) is 0 Å². The zero-order valence-corrected chi connectivity index (χ0v) is 18.1. The summed E-state index contributed by atoms with van der Waals surface area (Å²) in [6.07, 6.45) is 2.52. The monoisotopic (exact) mass is 465 g/mol. The number of aliphatic imine (C=N–C) groups is 1. The standard InChI is InChI=1S/C16H31N7O.HI/c1-5-23-9-6-7-14(23)11-18-16(17-8-10-24-4)19-12-15-21-20-13(2)22(15)3;/h14H,5-12H2,1-4H3,(H2,17,18,19);1H. The van der Waals surface area contributed by atoms with Crippen LogP contribution < -0.4 is 10.6 Å². The summed E-state index contributed by atoms with van der Waals surface area (Å²) in [7, 11) is 3.66. The third-order valence-corrected chi connectivity index (χ3v) is 4.57. The summed E-state index contributed by atoms with van der Waals surface area (Å²) in [5, 5.41) is 15.0. The van der Waals surface area contributed by atoms with E-state index in [-0.39, 0.29) is 24.0 Å². The van der Waals surface area contributed by atoms with E-state index in [2.05, 4.69) is 37.6 Å². The third kappa shape index (κ3) is 6.70. The highest BCUT2D eigenvalue weighted by atomic mass is 127. The molecule has 8 nitrogen and oxygen atoms in total. The minimum absolute atomic E-state index is 0. The number of rotatable bonds is 8. The van der Waals surface area contributed by atoms with Gasteiger partial charge in [-0.2, -0.15) is 0 Å². The van der Waals surface area contributed by atoms with Gasteiger partial charge in [0.2, 0.25) is 0 Å². The minimum atomic E-state index is 0. The average Bonchev–Trinajstić information content (AvgIpc) is 3.17. The molecule has 25 heavy (non-hydrogen) atoms. The molecule has 1 aliphatic heterocycles. The Hall–Kier alpha value is -0.940. The van der Waals surface area contributed by atoms with E-state index in [1.54, 1.807) is 7.11 Å². The molecule has 0 amide bonds. The summed E-state index contributed by atoms with van der Waals surface area (Å²) in [5.41, 5.74) is 0. The van der Waals surface area contributed by atoms with E-state index >= 15 is 0 Å². The van der Waals surface area contributed by atoms with E-state index in [1.807, 2.05) is 18.5 Å². The van der Waals surface area contributed by atoms with Gasteiger partial charge < -0.3 is 19.9 Å². The fourth-order valence-corrected chi connectivity index (χ4v) is 2.94. The van der Waals surface area contributed by atoms with Crippen molar-refractivity contribution >= 4 is 29.9 Å². The Bertz CT molecular complexity index is 535. The van der Waals surface area contributed by atoms with Crippen molar-refractivity contribution in [2.75, 3.05) is 39.9 Å². The molecule has 1 aromatic heterocycles. The van der Waals surface area contributed by atoms with Gasteiger partial charge in [-0.1, -0.05) is 6.92 Å². The first-order valence-corrected chi connectivity index (χ1v) is 8.75. The number of likely N-dealkylation sites (N-methyl/N-ethyl adjacent to an activating group) is 1. The molecular weight excluding hydrogens is 433 g/mol. The van der Waals surface area contributed by atoms with Crippen LogP contribution in [0.5, 0.6) is 0 Å². The number of ether oxygens (including phenoxy) is 1. The first-order valence-electron chi connectivity index (χ1n) is 8.75. The average molecular weight is 465 g/mol. The van der Waals surface area contributed by atoms with Crippen LogP contribution >= 0.6 is 24.0 Å². The summed E-state index contributed by atoms with van der Waals surface area (Å²) in [6.45, 7) is 9.25. The van der Waals surface area contributed by atoms with Gasteiger partial charge in [-0.15, -0.1) is 34.2 Å². The molecule has 2 heterocycles. The minimum Gasteiger partial charge on any atom is -0.383 e. The molecule has 0 aromatic carbocycles. The second kappa shape index (κ2) is 11.6. The molecule has 1 aliphatic rings. The van der Waals surface area contributed by atoms with Crippen LogP contribution in [0.15, 0.2) is 4.99 Å². The van der Waals surface area contributed by atoms with Crippen LogP contribution in [0.2, 0.25) is 0 Å². The lowest BCUT2D eigenvalue weighted by Gasteiger charge is -2.24. The lowest BCUT2D eigenvalue weighted by molar-refractivity contribution is 0.203. The van der Waals surface area contributed by atoms with E-state index in [1.165, 1.54) is 19.4 Å². The first kappa shape index (κ1) is 22.1. The molecule has 1 fully saturated rings. The van der Waals surface area contributed by atoms with Crippen molar-refractivity contribution in [3.8, 4) is 0 Å². The molecule has 1 saturated heterocycles. The van der Waals surface area contributed by atoms with Gasteiger partial charge in [-0.25, -0.2) is 4.99 Å². The Morgan fingerprint density at radius 2 is 2.16 bits per heavy atom. The number of aryl methyl sites for hydroxylation is 1. The smallest absolute Gasteiger partial charge is 0.191 e. The normalized spacial score (nSPS) is 18.2. The van der Waals surface area contributed by atoms with E-state index < -0.39 is 0 Å². The van der Waals surface area contributed by atoms with Crippen LogP contribution in [0.3, 0.4) is 0 Å². The number of nitrogens with one attached hydrogen (secondary N) is 2. The van der Waals surface area contributed by atoms with Crippen LogP contribution in [0.25, 0.3) is 0 Å². The molecule has 0 spiro atoms. The molecular formula is C16H32IN7O. The van der Waals surface area contributed by atoms with Crippen molar-refractivity contribution < 1.29 is 4.74 Å². The number of likely N-dealkylation sites (tertiary alicyclic amines) is 1. The fraction of sp³-hybridized carbons (Fsp3) is 0.812. The summed E-state index contributed by atoms with van der Waals surface area (Å²) < 4.78 is 7.07. The van der Waals surface area contributed by atoms with Crippen LogP contribution in [-0.4, -0.2) is 71.6 Å². The quantitative estimate of drug-likeness (QED) is 0.257. The Morgan fingerprint density at radius 3 is 2.80 bits per heavy atom. The van der Waals surface area contributed by atoms with Gasteiger partial charge in [0.05, 0.1) is 6.61 Å². The highest BCUT2D eigenvalue weighted by Crippen LogP contribution is 2.15. The van der Waals surface area contributed by atoms with Crippen molar-refractivity contribution in [2.24, 2.45) is 12.0 Å². The zero-order valence-electron chi connectivity index (χ0n) is 15.8. The molecule has 0 aliphatic carbocycles. The topological polar surface area (TPSA) is 79.6 Å². The summed E-state index contributed by atoms with van der Waals surface area (Å²) in [5.74, 6) is 2.55. The molecule has 0 bridgehead atoms. The third-order valence-electron chi connectivity index (χ3n) is 4.57. The lowest BCUT2D eigenvalue weighted by atomic mass is 10.2. The highest BCUT2D eigenvalue weighted by Gasteiger charge is 2.22. The molecule has 0 saturated carbocycles. The number of methoxy groups -OCH3 is 1. The number of nitrogens with zero attached hydrogens (tertiary/aromatic N) is 5. The van der Waals surface area contributed by atoms with Gasteiger partial charge >= 0.3 is 0 Å². The van der Waals surface area contributed by atoms with Crippen LogP contribution in [0, 0.1) is 6.92 Å². The van der Waals surface area contributed by atoms with Crippen molar-refractivity contribution in [3.05, 3.63) is 11.6 Å². The number of halogens is 1. The zero-order chi connectivity index (χ0) is 17.4. The van der Waals surface area contributed by atoms with Gasteiger partial charge in [0.1, 0.15) is 12.4 Å². The van der Waals surface area contributed by atoms with Crippen molar-refractivity contribution in [1.82, 2.24) is 30.3 Å². The first-order chi connectivity index (χ1) is 11.7. The van der Waals surface area contributed by atoms with Crippen molar-refractivity contribution in [2.45, 2.75) is 39.3 Å². The Morgan fingerprint density at radius 1 is 1.36 bits per heavy atom. The molecule has 9 heteroatoms. The maximum absolute atomic E-state index is 5.11. The molecule has 2 rings (SSSR count). The van der Waals surface area contributed by atoms with Gasteiger partial charge in [-0.05, 0) is 32.9 Å². The maximum Gasteiger partial charge on any atom is 0.191 e. The number of guanidine groups is 1. The molecule has 2 N–H and O–H groups in total. The maximum atomic E-state index is 5.11. The fourth-order valence-electron chi connectivity index (χ4n) is 2.94. The van der Waals surface area contributed by atoms with E-state index in [9.17, 15) is 0 Å². The Kier molecular flexibility index (Phi) is 10.3. The molecule has 0 radical (unpaired) electrons. The largest absolute Gasteiger partial charge is 0.383 e. The van der Waals surface area contributed by atoms with E-state index in [4.69, 9.17) is 4.74 Å². The molecule has 144 valence electrons. The van der Waals surface area contributed by atoms with Gasteiger partial charge in [0, 0.05) is 33.3 Å². The number of aromatic nitrogens is 3. The summed E-state index contributed by atoms with van der Waals surface area (Å²) >= 11 is 0. The predicted octanol–water partition coefficient (Wildman–Crippen LogP) is 0.907. The summed E-state index contributed by atoms with van der Waals surface area (Å²) in [4.78, 5) is 7.17. The highest BCUT2D eigenvalue weighted by molar-refractivity contribution is 14.0. The summed E-state index contributed by atoms with van der Waals surface area (Å²) in [6, 6.07) is 0.585. The Balaban J connectivity index is 0.00000312. The van der Waals surface area contributed by atoms with Crippen molar-refractivity contribution in [3.63, 3.8) is 0 Å². The number of hydrogen-bond acceptors (Lipinski definition) is 5. The van der Waals surface area contributed by atoms with Gasteiger partial charge in [-0.3, -0.25) is 4.90 Å². The van der Waals surface area contributed by atoms with E-state index in [0.717, 1.165) is 37.2 Å². The number of hydrogen-bond donors (Lipinski definition) is 2. The van der Waals surface area contributed by atoms with Crippen LogP contribution in [-0.2, 0) is 18.3 Å². The molecule has 1 unspecified atom stereocenters. The van der Waals surface area contributed by atoms with Crippen LogP contribution in [0.4, 0.5) is 0 Å². The second-order valence-corrected chi connectivity index (χ2v) is 6.11. The Labute approximate surface area is 167 Å². The predicted molar refractivity (Wildman–Crippen MR) is 110 cm³/mol. The van der Waals surface area contributed by atoms with E-state index in [0.29, 0.717) is 19.2 Å².